The number of rotatable bonds is 9. The van der Waals surface area contributed by atoms with Gasteiger partial charge in [0.2, 0.25) is 0 Å². The molecule has 0 amide bonds. The lowest BCUT2D eigenvalue weighted by Crippen LogP contribution is -2.03. The molecule has 1 aliphatic carbocycles. The van der Waals surface area contributed by atoms with E-state index in [4.69, 9.17) is 4.74 Å². The van der Waals surface area contributed by atoms with Gasteiger partial charge in [-0.25, -0.2) is 9.50 Å². The number of aromatic nitrogens is 3. The Labute approximate surface area is 189 Å². The Hall–Kier alpha value is -3.40. The summed E-state index contributed by atoms with van der Waals surface area (Å²) in [5.41, 5.74) is 3.14. The summed E-state index contributed by atoms with van der Waals surface area (Å²) in [6.45, 7) is 7.54. The van der Waals surface area contributed by atoms with Crippen molar-refractivity contribution in [1.82, 2.24) is 14.6 Å². The molecule has 1 fully saturated rings. The predicted octanol–water partition coefficient (Wildman–Crippen LogP) is 5.25. The minimum atomic E-state index is 0.458. The van der Waals surface area contributed by atoms with Crippen molar-refractivity contribution in [3.8, 4) is 22.9 Å². The van der Waals surface area contributed by atoms with Crippen molar-refractivity contribution in [2.45, 2.75) is 52.9 Å². The van der Waals surface area contributed by atoms with Crippen molar-refractivity contribution >= 4 is 17.2 Å². The number of nitriles is 1. The van der Waals surface area contributed by atoms with Gasteiger partial charge in [0.15, 0.2) is 5.65 Å². The second kappa shape index (κ2) is 11.3. The van der Waals surface area contributed by atoms with Gasteiger partial charge in [0.05, 0.1) is 18.4 Å². The number of anilines is 1. The van der Waals surface area contributed by atoms with E-state index in [0.717, 1.165) is 61.2 Å². The molecule has 1 aromatic carbocycles. The molecule has 1 saturated carbocycles. The van der Waals surface area contributed by atoms with Gasteiger partial charge < -0.3 is 10.1 Å². The number of benzene rings is 1. The molecule has 7 nitrogen and oxygen atoms in total. The van der Waals surface area contributed by atoms with Gasteiger partial charge in [-0.1, -0.05) is 26.8 Å². The number of nitrogens with zero attached hydrogens (tertiary/aromatic N) is 4. The molecule has 7 heteroatoms. The fourth-order valence-electron chi connectivity index (χ4n) is 3.23. The number of carbonyl (C=O) groups excluding carboxylic acids is 1. The summed E-state index contributed by atoms with van der Waals surface area (Å²) >= 11 is 0. The molecule has 32 heavy (non-hydrogen) atoms. The molecule has 2 aromatic heterocycles. The minimum absolute atomic E-state index is 0.458. The molecular weight excluding hydrogens is 402 g/mol. The van der Waals surface area contributed by atoms with Gasteiger partial charge in [-0.05, 0) is 49.4 Å². The first-order valence-electron chi connectivity index (χ1n) is 11.4. The maximum Gasteiger partial charge on any atom is 0.165 e. The van der Waals surface area contributed by atoms with Crippen LogP contribution in [0.5, 0.6) is 5.75 Å². The zero-order chi connectivity index (χ0) is 22.9. The summed E-state index contributed by atoms with van der Waals surface area (Å²) in [6.07, 6.45) is 8.66. The van der Waals surface area contributed by atoms with Crippen molar-refractivity contribution < 1.29 is 9.53 Å². The van der Waals surface area contributed by atoms with E-state index >= 15 is 0 Å². The zero-order valence-corrected chi connectivity index (χ0v) is 19.1. The minimum Gasteiger partial charge on any atom is -0.492 e. The lowest BCUT2D eigenvalue weighted by Gasteiger charge is -2.09. The van der Waals surface area contributed by atoms with Gasteiger partial charge in [0.1, 0.15) is 23.4 Å². The van der Waals surface area contributed by atoms with Gasteiger partial charge in [0, 0.05) is 30.6 Å². The van der Waals surface area contributed by atoms with Crippen LogP contribution in [0.15, 0.2) is 36.7 Å². The zero-order valence-electron chi connectivity index (χ0n) is 19.1. The van der Waals surface area contributed by atoms with Crippen molar-refractivity contribution in [2.75, 3.05) is 18.5 Å². The number of hydrogen-bond donors (Lipinski definition) is 1. The third kappa shape index (κ3) is 5.85. The van der Waals surface area contributed by atoms with Crippen LogP contribution in [0, 0.1) is 17.2 Å². The molecule has 0 unspecified atom stereocenters. The first kappa shape index (κ1) is 23.3. The Morgan fingerprint density at radius 3 is 2.69 bits per heavy atom. The molecule has 4 rings (SSSR count). The molecule has 2 heterocycles. The summed E-state index contributed by atoms with van der Waals surface area (Å²) in [5, 5.41) is 16.9. The number of carbonyl (C=O) groups is 1. The predicted molar refractivity (Wildman–Crippen MR) is 126 cm³/mol. The van der Waals surface area contributed by atoms with Crippen molar-refractivity contribution in [3.63, 3.8) is 0 Å². The standard InChI is InChI=1S/C19H21N5O.C6H10O/c1-3-8-21-18-7-9-24-19(23-18)16(13-22-24)14-5-6-15(12-20)17(11-14)25-10-4-2;1-2-6(7)5-3-4-5/h5-7,9,11,13H,3-4,8,10H2,1-2H3,(H,21,23);5H,2-4H2,1H3. The molecule has 168 valence electrons. The molecule has 0 spiro atoms. The van der Waals surface area contributed by atoms with Crippen LogP contribution < -0.4 is 10.1 Å². The molecule has 0 radical (unpaired) electrons. The van der Waals surface area contributed by atoms with Crippen molar-refractivity contribution in [1.29, 1.82) is 5.26 Å². The van der Waals surface area contributed by atoms with E-state index in [9.17, 15) is 10.1 Å². The summed E-state index contributed by atoms with van der Waals surface area (Å²) in [4.78, 5) is 15.2. The van der Waals surface area contributed by atoms with E-state index in [1.165, 1.54) is 0 Å². The highest BCUT2D eigenvalue weighted by atomic mass is 16.5. The van der Waals surface area contributed by atoms with E-state index in [1.54, 1.807) is 16.8 Å². The van der Waals surface area contributed by atoms with Gasteiger partial charge >= 0.3 is 0 Å². The Morgan fingerprint density at radius 2 is 2.06 bits per heavy atom. The second-order valence-corrected chi connectivity index (χ2v) is 7.83. The fourth-order valence-corrected chi connectivity index (χ4v) is 3.23. The Morgan fingerprint density at radius 1 is 1.25 bits per heavy atom. The highest BCUT2D eigenvalue weighted by Crippen LogP contribution is 2.31. The Bertz CT molecular complexity index is 1100. The maximum atomic E-state index is 10.6. The quantitative estimate of drug-likeness (QED) is 0.495. The van der Waals surface area contributed by atoms with Crippen LogP contribution in [0.25, 0.3) is 16.8 Å². The Balaban J connectivity index is 0.000000352. The van der Waals surface area contributed by atoms with Gasteiger partial charge in [-0.2, -0.15) is 10.4 Å². The molecule has 0 bridgehead atoms. The molecular formula is C25H31N5O2. The third-order valence-electron chi connectivity index (χ3n) is 5.18. The second-order valence-electron chi connectivity index (χ2n) is 7.83. The average Bonchev–Trinajstić information content (AvgIpc) is 3.60. The smallest absolute Gasteiger partial charge is 0.165 e. The summed E-state index contributed by atoms with van der Waals surface area (Å²) in [7, 11) is 0. The SMILES string of the molecule is CCC(=O)C1CC1.CCCNc1ccn2ncc(-c3ccc(C#N)c(OCCC)c3)c2n1. The number of fused-ring (bicyclic) bond motifs is 1. The lowest BCUT2D eigenvalue weighted by atomic mass is 10.1. The lowest BCUT2D eigenvalue weighted by molar-refractivity contribution is -0.119. The number of nitrogens with one attached hydrogen (secondary N) is 1. The Kier molecular flexibility index (Phi) is 8.20. The molecule has 0 saturated heterocycles. The van der Waals surface area contributed by atoms with Crippen LogP contribution in [-0.2, 0) is 4.79 Å². The molecule has 3 aromatic rings. The van der Waals surface area contributed by atoms with Crippen LogP contribution in [0.2, 0.25) is 0 Å². The fraction of sp³-hybridized carbons (Fsp3) is 0.440. The normalized spacial score (nSPS) is 12.6. The van der Waals surface area contributed by atoms with Crippen LogP contribution in [0.3, 0.4) is 0 Å². The molecule has 1 aliphatic rings. The van der Waals surface area contributed by atoms with Crippen LogP contribution in [0.1, 0.15) is 58.4 Å². The third-order valence-corrected chi connectivity index (χ3v) is 5.18. The highest BCUT2D eigenvalue weighted by Gasteiger charge is 2.27. The first-order valence-corrected chi connectivity index (χ1v) is 11.4. The van der Waals surface area contributed by atoms with Gasteiger partial charge in [-0.3, -0.25) is 4.79 Å². The van der Waals surface area contributed by atoms with Crippen LogP contribution in [0.4, 0.5) is 5.82 Å². The summed E-state index contributed by atoms with van der Waals surface area (Å²) in [5.74, 6) is 2.36. The number of hydrogen-bond acceptors (Lipinski definition) is 6. The van der Waals surface area contributed by atoms with E-state index < -0.39 is 0 Å². The summed E-state index contributed by atoms with van der Waals surface area (Å²) < 4.78 is 7.47. The van der Waals surface area contributed by atoms with Crippen molar-refractivity contribution in [3.05, 3.63) is 42.2 Å². The van der Waals surface area contributed by atoms with Gasteiger partial charge in [-0.15, -0.1) is 0 Å². The van der Waals surface area contributed by atoms with E-state index in [1.807, 2.05) is 38.2 Å². The van der Waals surface area contributed by atoms with E-state index in [0.29, 0.717) is 29.6 Å². The largest absolute Gasteiger partial charge is 0.492 e. The van der Waals surface area contributed by atoms with Crippen LogP contribution in [-0.4, -0.2) is 33.5 Å². The molecule has 0 atom stereocenters. The van der Waals surface area contributed by atoms with Gasteiger partial charge in [0.25, 0.3) is 0 Å². The highest BCUT2D eigenvalue weighted by molar-refractivity contribution is 5.82. The molecule has 1 N–H and O–H groups in total. The topological polar surface area (TPSA) is 92.3 Å². The van der Waals surface area contributed by atoms with E-state index in [2.05, 4.69) is 28.4 Å². The number of ether oxygens (including phenoxy) is 1. The maximum absolute atomic E-state index is 10.6. The summed E-state index contributed by atoms with van der Waals surface area (Å²) in [6, 6.07) is 9.66. The number of ketones is 1. The first-order chi connectivity index (χ1) is 15.6. The average molecular weight is 434 g/mol. The number of Topliss-reactive ketones (excluding diaryl/α,β-unsaturated/α-hetero) is 1. The monoisotopic (exact) mass is 433 g/mol. The molecule has 0 aliphatic heterocycles. The van der Waals surface area contributed by atoms with Crippen LogP contribution >= 0.6 is 0 Å². The van der Waals surface area contributed by atoms with E-state index in [-0.39, 0.29) is 0 Å². The van der Waals surface area contributed by atoms with Crippen molar-refractivity contribution in [2.24, 2.45) is 5.92 Å².